The number of carbonyl (C=O) groups is 1. The number of hydrogen-bond acceptors (Lipinski definition) is 9. The van der Waals surface area contributed by atoms with Crippen LogP contribution in [0.2, 0.25) is 0 Å². The number of amides is 1. The topological polar surface area (TPSA) is 146 Å². The highest BCUT2D eigenvalue weighted by atomic mass is 19.4. The number of aromatic nitrogens is 6. The fourth-order valence-corrected chi connectivity index (χ4v) is 3.72. The lowest BCUT2D eigenvalue weighted by Gasteiger charge is -2.09. The van der Waals surface area contributed by atoms with E-state index in [9.17, 15) is 18.0 Å². The van der Waals surface area contributed by atoms with Crippen molar-refractivity contribution in [3.05, 3.63) is 77.6 Å². The Balaban J connectivity index is 1.48. The molecule has 1 aromatic carbocycles. The van der Waals surface area contributed by atoms with Crippen LogP contribution in [0.3, 0.4) is 0 Å². The number of nitrogens with one attached hydrogen (secondary N) is 1. The van der Waals surface area contributed by atoms with Crippen molar-refractivity contribution in [2.24, 2.45) is 0 Å². The molecule has 5 rings (SSSR count). The minimum atomic E-state index is -4.72. The Morgan fingerprint density at radius 2 is 1.95 bits per heavy atom. The van der Waals surface area contributed by atoms with Crippen LogP contribution in [0, 0.1) is 0 Å². The summed E-state index contributed by atoms with van der Waals surface area (Å²) in [5, 5.41) is 14.1. The van der Waals surface area contributed by atoms with Crippen LogP contribution in [0.1, 0.15) is 27.4 Å². The van der Waals surface area contributed by atoms with Gasteiger partial charge in [-0.15, -0.1) is 5.10 Å². The zero-order valence-corrected chi connectivity index (χ0v) is 19.0. The predicted octanol–water partition coefficient (Wildman–Crippen LogP) is 3.63. The first kappa shape index (κ1) is 23.7. The normalized spacial score (nSPS) is 11.6. The molecule has 0 aliphatic rings. The fourth-order valence-electron chi connectivity index (χ4n) is 3.72. The van der Waals surface area contributed by atoms with Gasteiger partial charge in [-0.3, -0.25) is 10.1 Å². The van der Waals surface area contributed by atoms with E-state index in [1.54, 1.807) is 0 Å². The van der Waals surface area contributed by atoms with Crippen LogP contribution in [0.5, 0.6) is 5.88 Å². The summed E-state index contributed by atoms with van der Waals surface area (Å²) in [6, 6.07) is 11.4. The molecule has 3 N–H and O–H groups in total. The van der Waals surface area contributed by atoms with Gasteiger partial charge in [0.25, 0.3) is 5.91 Å². The lowest BCUT2D eigenvalue weighted by Crippen LogP contribution is -2.14. The highest BCUT2D eigenvalue weighted by Crippen LogP contribution is 2.39. The average Bonchev–Trinajstić information content (AvgIpc) is 3.49. The second kappa shape index (κ2) is 9.22. The predicted molar refractivity (Wildman–Crippen MR) is 124 cm³/mol. The third-order valence-electron chi connectivity index (χ3n) is 5.36. The van der Waals surface area contributed by atoms with E-state index in [4.69, 9.17) is 14.9 Å². The summed E-state index contributed by atoms with van der Waals surface area (Å²) in [7, 11) is 1.30. The minimum absolute atomic E-state index is 0.0106. The number of benzene rings is 1. The van der Waals surface area contributed by atoms with Gasteiger partial charge in [0, 0.05) is 11.8 Å². The van der Waals surface area contributed by atoms with Crippen molar-refractivity contribution in [1.29, 1.82) is 0 Å². The zero-order chi connectivity index (χ0) is 26.2. The second-order valence-corrected chi connectivity index (χ2v) is 7.74. The van der Waals surface area contributed by atoms with Crippen molar-refractivity contribution in [2.75, 3.05) is 18.2 Å². The molecule has 37 heavy (non-hydrogen) atoms. The number of hydrogen-bond donors (Lipinski definition) is 2. The molecule has 0 bridgehead atoms. The summed E-state index contributed by atoms with van der Waals surface area (Å²) in [5.41, 5.74) is 5.25. The van der Waals surface area contributed by atoms with Crippen LogP contribution in [0.25, 0.3) is 16.8 Å². The van der Waals surface area contributed by atoms with Crippen molar-refractivity contribution in [3.63, 3.8) is 0 Å². The molecule has 0 spiro atoms. The number of carbonyl (C=O) groups excluding carboxylic acids is 1. The van der Waals surface area contributed by atoms with Crippen LogP contribution in [-0.2, 0) is 12.6 Å². The van der Waals surface area contributed by atoms with E-state index in [0.717, 1.165) is 22.5 Å². The van der Waals surface area contributed by atoms with E-state index >= 15 is 0 Å². The van der Waals surface area contributed by atoms with Gasteiger partial charge in [0.15, 0.2) is 5.82 Å². The number of fused-ring (bicyclic) bond motifs is 1. The number of halogens is 3. The van der Waals surface area contributed by atoms with Crippen molar-refractivity contribution < 1.29 is 27.1 Å². The van der Waals surface area contributed by atoms with Crippen LogP contribution in [0.15, 0.2) is 59.4 Å². The molecule has 1 amide bonds. The maximum Gasteiger partial charge on any atom is 0.418 e. The number of nitrogens with two attached hydrogens (primary N) is 1. The molecular formula is C23H17F3N8O3. The van der Waals surface area contributed by atoms with Gasteiger partial charge in [-0.2, -0.15) is 18.3 Å². The molecule has 0 unspecified atom stereocenters. The first-order valence-electron chi connectivity index (χ1n) is 10.7. The highest BCUT2D eigenvalue weighted by Gasteiger charge is 2.36. The SMILES string of the molecule is COc1ncc(-c2cc(C(F)(F)F)c3c(N)ncnn23)cc1C(=O)Nc1nnc(Cc2ccccc2)o1. The van der Waals surface area contributed by atoms with E-state index in [2.05, 4.69) is 30.6 Å². The number of ether oxygens (including phenoxy) is 1. The first-order chi connectivity index (χ1) is 17.7. The van der Waals surface area contributed by atoms with Crippen molar-refractivity contribution in [3.8, 4) is 17.1 Å². The number of nitrogen functional groups attached to an aromatic ring is 1. The van der Waals surface area contributed by atoms with E-state index in [-0.39, 0.29) is 40.4 Å². The van der Waals surface area contributed by atoms with Crippen molar-refractivity contribution in [2.45, 2.75) is 12.6 Å². The Morgan fingerprint density at radius 3 is 2.68 bits per heavy atom. The molecule has 0 atom stereocenters. The number of anilines is 2. The van der Waals surface area contributed by atoms with Crippen LogP contribution in [0.4, 0.5) is 25.0 Å². The maximum absolute atomic E-state index is 13.7. The lowest BCUT2D eigenvalue weighted by molar-refractivity contribution is -0.136. The van der Waals surface area contributed by atoms with Gasteiger partial charge in [0.05, 0.1) is 24.8 Å². The summed E-state index contributed by atoms with van der Waals surface area (Å²) >= 11 is 0. The number of alkyl halides is 3. The van der Waals surface area contributed by atoms with Gasteiger partial charge in [0.1, 0.15) is 17.4 Å². The van der Waals surface area contributed by atoms with Gasteiger partial charge in [-0.25, -0.2) is 14.5 Å². The summed E-state index contributed by atoms with van der Waals surface area (Å²) in [4.78, 5) is 20.8. The standard InChI is InChI=1S/C23H17F3N8O3/c1-36-21-14(20(35)31-22-33-32-17(37-22)7-12-5-3-2-4-6-12)8-13(10-28-21)16-9-15(23(24,25)26)18-19(27)29-11-30-34(16)18/h2-6,8-11H,7H2,1H3,(H2,27,29,30)(H,31,33,35). The molecule has 0 saturated carbocycles. The Morgan fingerprint density at radius 1 is 1.16 bits per heavy atom. The third kappa shape index (κ3) is 4.63. The Labute approximate surface area is 206 Å². The third-order valence-corrected chi connectivity index (χ3v) is 5.36. The van der Waals surface area contributed by atoms with Gasteiger partial charge in [-0.1, -0.05) is 35.4 Å². The average molecular weight is 510 g/mol. The second-order valence-electron chi connectivity index (χ2n) is 7.74. The molecule has 0 aliphatic carbocycles. The molecule has 11 nitrogen and oxygen atoms in total. The molecular weight excluding hydrogens is 493 g/mol. The summed E-state index contributed by atoms with van der Waals surface area (Å²) < 4.78 is 52.7. The highest BCUT2D eigenvalue weighted by molar-refractivity contribution is 6.05. The van der Waals surface area contributed by atoms with Crippen LogP contribution >= 0.6 is 0 Å². The molecule has 0 fully saturated rings. The van der Waals surface area contributed by atoms with Gasteiger partial charge in [-0.05, 0) is 17.7 Å². The van der Waals surface area contributed by atoms with E-state index in [1.807, 2.05) is 30.3 Å². The van der Waals surface area contributed by atoms with Gasteiger partial charge < -0.3 is 14.9 Å². The number of nitrogens with zero attached hydrogens (tertiary/aromatic N) is 6. The smallest absolute Gasteiger partial charge is 0.418 e. The minimum Gasteiger partial charge on any atom is -0.480 e. The largest absolute Gasteiger partial charge is 0.480 e. The number of pyridine rings is 1. The summed E-state index contributed by atoms with van der Waals surface area (Å²) in [6.07, 6.45) is -2.09. The zero-order valence-electron chi connectivity index (χ0n) is 19.0. The van der Waals surface area contributed by atoms with Gasteiger partial charge in [0.2, 0.25) is 11.8 Å². The Bertz CT molecular complexity index is 1600. The van der Waals surface area contributed by atoms with E-state index < -0.39 is 23.2 Å². The molecule has 14 heteroatoms. The molecule has 0 aliphatic heterocycles. The molecule has 0 radical (unpaired) electrons. The molecule has 4 aromatic heterocycles. The van der Waals surface area contributed by atoms with E-state index in [0.29, 0.717) is 6.42 Å². The molecule has 5 aromatic rings. The molecule has 0 saturated heterocycles. The molecule has 188 valence electrons. The molecule has 4 heterocycles. The quantitative estimate of drug-likeness (QED) is 0.350. The van der Waals surface area contributed by atoms with Crippen LogP contribution < -0.4 is 15.8 Å². The maximum atomic E-state index is 13.7. The Hall–Kier alpha value is -5.01. The van der Waals surface area contributed by atoms with Crippen molar-refractivity contribution in [1.82, 2.24) is 29.8 Å². The monoisotopic (exact) mass is 510 g/mol. The Kier molecular flexibility index (Phi) is 5.91. The summed E-state index contributed by atoms with van der Waals surface area (Å²) in [5.74, 6) is -0.879. The van der Waals surface area contributed by atoms with Gasteiger partial charge >= 0.3 is 12.2 Å². The number of methoxy groups -OCH3 is 1. The lowest BCUT2D eigenvalue weighted by atomic mass is 10.1. The van der Waals surface area contributed by atoms with E-state index in [1.165, 1.54) is 19.4 Å². The number of rotatable bonds is 6. The van der Waals surface area contributed by atoms with Crippen LogP contribution in [-0.4, -0.2) is 42.8 Å². The van der Waals surface area contributed by atoms with Crippen molar-refractivity contribution >= 4 is 23.3 Å². The fraction of sp³-hybridized carbons (Fsp3) is 0.130. The first-order valence-corrected chi connectivity index (χ1v) is 10.7. The summed E-state index contributed by atoms with van der Waals surface area (Å²) in [6.45, 7) is 0.